The number of hydrogen-bond donors (Lipinski definition) is 0. The molecule has 144 valence electrons. The number of sulfone groups is 1. The van der Waals surface area contributed by atoms with Crippen LogP contribution in [0.1, 0.15) is 33.2 Å². The van der Waals surface area contributed by atoms with Gasteiger partial charge in [0.25, 0.3) is 0 Å². The lowest BCUT2D eigenvalue weighted by Crippen LogP contribution is -2.18. The molecule has 3 aromatic carbocycles. The normalized spacial score (nSPS) is 12.5. The van der Waals surface area contributed by atoms with Crippen LogP contribution in [0.2, 0.25) is 10.0 Å². The summed E-state index contributed by atoms with van der Waals surface area (Å²) in [5, 5.41) is -0.501. The van der Waals surface area contributed by atoms with Gasteiger partial charge in [0.15, 0.2) is 15.6 Å². The molecule has 28 heavy (non-hydrogen) atoms. The summed E-state index contributed by atoms with van der Waals surface area (Å²) >= 11 is 12.1. The number of rotatable bonds is 6. The molecule has 0 spiro atoms. The molecule has 0 aliphatic carbocycles. The standard InChI is InChI=1S/C22H18Cl2O3S/c1-15-7-10-18(11-8-15)28(26,27)22(17-9-12-19(23)20(24)13-17)14-21(25)16-5-3-2-4-6-16/h2-13,22H,14H2,1H3/t22-/m0/s1. The molecule has 0 fully saturated rings. The van der Waals surface area contributed by atoms with Gasteiger partial charge in [0.2, 0.25) is 0 Å². The molecule has 0 aliphatic rings. The fraction of sp³-hybridized carbons (Fsp3) is 0.136. The van der Waals surface area contributed by atoms with Crippen molar-refractivity contribution in [2.45, 2.75) is 23.5 Å². The summed E-state index contributed by atoms with van der Waals surface area (Å²) in [4.78, 5) is 13.0. The largest absolute Gasteiger partial charge is 0.294 e. The van der Waals surface area contributed by atoms with Crippen LogP contribution in [0.5, 0.6) is 0 Å². The van der Waals surface area contributed by atoms with Gasteiger partial charge < -0.3 is 0 Å². The molecule has 0 radical (unpaired) electrons. The molecule has 6 heteroatoms. The average molecular weight is 433 g/mol. The van der Waals surface area contributed by atoms with E-state index in [1.807, 2.05) is 6.92 Å². The Hall–Kier alpha value is -2.14. The van der Waals surface area contributed by atoms with E-state index >= 15 is 0 Å². The first kappa shape index (κ1) is 20.6. The van der Waals surface area contributed by atoms with Gasteiger partial charge in [-0.15, -0.1) is 0 Å². The number of aryl methyl sites for hydroxylation is 1. The number of Topliss-reactive ketones (excluding diaryl/α,β-unsaturated/α-hetero) is 1. The van der Waals surface area contributed by atoms with Gasteiger partial charge in [-0.05, 0) is 36.8 Å². The summed E-state index contributed by atoms with van der Waals surface area (Å²) in [6.07, 6.45) is -0.196. The summed E-state index contributed by atoms with van der Waals surface area (Å²) in [7, 11) is -3.83. The molecule has 0 aromatic heterocycles. The monoisotopic (exact) mass is 432 g/mol. The van der Waals surface area contributed by atoms with E-state index in [9.17, 15) is 13.2 Å². The highest BCUT2D eigenvalue weighted by atomic mass is 35.5. The van der Waals surface area contributed by atoms with Crippen molar-refractivity contribution >= 4 is 38.8 Å². The molecule has 0 unspecified atom stereocenters. The van der Waals surface area contributed by atoms with Crippen LogP contribution in [0.4, 0.5) is 0 Å². The first-order chi connectivity index (χ1) is 13.3. The summed E-state index contributed by atoms with van der Waals surface area (Å²) in [6.45, 7) is 1.88. The van der Waals surface area contributed by atoms with Crippen LogP contribution in [0.15, 0.2) is 77.7 Å². The van der Waals surface area contributed by atoms with Crippen LogP contribution < -0.4 is 0 Å². The van der Waals surface area contributed by atoms with E-state index in [2.05, 4.69) is 0 Å². The van der Waals surface area contributed by atoms with E-state index < -0.39 is 15.1 Å². The van der Waals surface area contributed by atoms with E-state index in [1.165, 1.54) is 6.07 Å². The predicted molar refractivity (Wildman–Crippen MR) is 113 cm³/mol. The Bertz CT molecular complexity index is 1090. The molecular formula is C22H18Cl2O3S. The highest BCUT2D eigenvalue weighted by Gasteiger charge is 2.32. The Labute approximate surface area is 174 Å². The van der Waals surface area contributed by atoms with Crippen molar-refractivity contribution in [3.05, 3.63) is 99.5 Å². The molecule has 0 N–H and O–H groups in total. The Kier molecular flexibility index (Phi) is 6.23. The molecule has 3 aromatic rings. The quantitative estimate of drug-likeness (QED) is 0.442. The molecule has 0 bridgehead atoms. The van der Waals surface area contributed by atoms with Crippen LogP contribution in [0.25, 0.3) is 0 Å². The summed E-state index contributed by atoms with van der Waals surface area (Å²) in [6, 6.07) is 19.9. The van der Waals surface area contributed by atoms with Gasteiger partial charge in [0.05, 0.1) is 20.2 Å². The van der Waals surface area contributed by atoms with Crippen molar-refractivity contribution in [1.82, 2.24) is 0 Å². The first-order valence-electron chi connectivity index (χ1n) is 8.63. The van der Waals surface area contributed by atoms with Crippen molar-refractivity contribution in [2.24, 2.45) is 0 Å². The Balaban J connectivity index is 2.07. The highest BCUT2D eigenvalue weighted by molar-refractivity contribution is 7.91. The zero-order valence-electron chi connectivity index (χ0n) is 15.1. The fourth-order valence-electron chi connectivity index (χ4n) is 2.92. The van der Waals surface area contributed by atoms with Crippen LogP contribution in [0.3, 0.4) is 0 Å². The van der Waals surface area contributed by atoms with Gasteiger partial charge in [-0.25, -0.2) is 8.42 Å². The molecule has 0 saturated carbocycles. The van der Waals surface area contributed by atoms with Gasteiger partial charge >= 0.3 is 0 Å². The number of carbonyl (C=O) groups is 1. The Morgan fingerprint density at radius 1 is 0.893 bits per heavy atom. The molecule has 0 amide bonds. The van der Waals surface area contributed by atoms with Crippen LogP contribution in [-0.4, -0.2) is 14.2 Å². The topological polar surface area (TPSA) is 51.2 Å². The molecule has 0 aliphatic heterocycles. The fourth-order valence-corrected chi connectivity index (χ4v) is 4.95. The number of benzene rings is 3. The third-order valence-corrected chi connectivity index (χ3v) is 7.36. The van der Waals surface area contributed by atoms with Crippen molar-refractivity contribution < 1.29 is 13.2 Å². The third-order valence-electron chi connectivity index (χ3n) is 4.51. The predicted octanol–water partition coefficient (Wildman–Crippen LogP) is 6.09. The summed E-state index contributed by atoms with van der Waals surface area (Å²) < 4.78 is 26.8. The minimum atomic E-state index is -3.83. The molecule has 3 rings (SSSR count). The number of hydrogen-bond acceptors (Lipinski definition) is 3. The Morgan fingerprint density at radius 3 is 2.14 bits per heavy atom. The van der Waals surface area contributed by atoms with Gasteiger partial charge in [0.1, 0.15) is 0 Å². The zero-order chi connectivity index (χ0) is 20.3. The molecular weight excluding hydrogens is 415 g/mol. The van der Waals surface area contributed by atoms with Gasteiger partial charge in [-0.3, -0.25) is 4.79 Å². The second-order valence-electron chi connectivity index (χ2n) is 6.51. The lowest BCUT2D eigenvalue weighted by atomic mass is 10.0. The average Bonchev–Trinajstić information content (AvgIpc) is 2.69. The summed E-state index contributed by atoms with van der Waals surface area (Å²) in [5.41, 5.74) is 1.84. The van der Waals surface area contributed by atoms with Gasteiger partial charge in [-0.2, -0.15) is 0 Å². The van der Waals surface area contributed by atoms with Gasteiger partial charge in [0, 0.05) is 12.0 Å². The van der Waals surface area contributed by atoms with E-state index in [1.54, 1.807) is 66.7 Å². The lowest BCUT2D eigenvalue weighted by molar-refractivity contribution is 0.0980. The van der Waals surface area contributed by atoms with Crippen molar-refractivity contribution in [3.63, 3.8) is 0 Å². The maximum atomic E-state index is 13.4. The zero-order valence-corrected chi connectivity index (χ0v) is 17.4. The third kappa shape index (κ3) is 4.46. The second-order valence-corrected chi connectivity index (χ2v) is 9.46. The number of ketones is 1. The van der Waals surface area contributed by atoms with Crippen LogP contribution in [0, 0.1) is 6.92 Å². The molecule has 3 nitrogen and oxygen atoms in total. The highest BCUT2D eigenvalue weighted by Crippen LogP contribution is 2.36. The number of halogens is 2. The minimum absolute atomic E-state index is 0.162. The smallest absolute Gasteiger partial charge is 0.185 e. The van der Waals surface area contributed by atoms with Crippen LogP contribution in [-0.2, 0) is 9.84 Å². The molecule has 1 atom stereocenters. The Morgan fingerprint density at radius 2 is 1.54 bits per heavy atom. The molecule has 0 saturated heterocycles. The second kappa shape index (κ2) is 8.48. The van der Waals surface area contributed by atoms with Crippen LogP contribution >= 0.6 is 23.2 Å². The van der Waals surface area contributed by atoms with E-state index in [0.29, 0.717) is 16.1 Å². The maximum absolute atomic E-state index is 13.4. The lowest BCUT2D eigenvalue weighted by Gasteiger charge is -2.19. The van der Waals surface area contributed by atoms with E-state index in [-0.39, 0.29) is 22.1 Å². The van der Waals surface area contributed by atoms with Gasteiger partial charge in [-0.1, -0.05) is 77.3 Å². The van der Waals surface area contributed by atoms with Crippen molar-refractivity contribution in [3.8, 4) is 0 Å². The van der Waals surface area contributed by atoms with Crippen molar-refractivity contribution in [2.75, 3.05) is 0 Å². The minimum Gasteiger partial charge on any atom is -0.294 e. The van der Waals surface area contributed by atoms with Crippen molar-refractivity contribution in [1.29, 1.82) is 0 Å². The SMILES string of the molecule is Cc1ccc(S(=O)(=O)[C@@H](CC(=O)c2ccccc2)c2ccc(Cl)c(Cl)c2)cc1. The first-order valence-corrected chi connectivity index (χ1v) is 10.9. The summed E-state index contributed by atoms with van der Waals surface area (Å²) in [5.74, 6) is -0.257. The van der Waals surface area contributed by atoms with E-state index in [4.69, 9.17) is 23.2 Å². The number of carbonyl (C=O) groups excluding carboxylic acids is 1. The van der Waals surface area contributed by atoms with E-state index in [0.717, 1.165) is 5.56 Å². The molecule has 0 heterocycles. The maximum Gasteiger partial charge on any atom is 0.185 e.